The Morgan fingerprint density at radius 2 is 1.19 bits per heavy atom. The number of allylic oxidation sites excluding steroid dienone is 1. The number of ether oxygens (including phenoxy) is 12. The quantitative estimate of drug-likeness (QED) is 0.0810. The molecule has 0 aromatic heterocycles. The molecule has 7 heterocycles. The van der Waals surface area contributed by atoms with Crippen molar-refractivity contribution in [1.29, 1.82) is 0 Å². The van der Waals surface area contributed by atoms with Gasteiger partial charge in [0.2, 0.25) is 5.79 Å². The molecule has 480 valence electrons. The lowest BCUT2D eigenvalue weighted by Crippen LogP contribution is -2.67. The average molecular weight is 1210 g/mol. The maximum Gasteiger partial charge on any atom is 0.203 e. The standard InChI is InChI=1S/C56H88O28/c1-18-16-74-56(48(72)44(18)80-52-43(71)39(67)45(21(4)77-52)81-50-41(69)37(65)33(61)19(2)75-50)27(14-57)32-29(84-56)13-26-24-8-7-22-11-23(59)12-31(55(22,6)25(24)9-10-54(26,32)5)79-53-47(83-51-42(70)38(66)34(62)20(3)76-51)46(36(64)30(15-58)78-53)82-49-40(68)35(63)28(60)17-73-49/h7,19-21,23-53,57-72H,1,8-17H2,2-6H3/t19-,20-,21+,23+,24+,25-,26-,27-,28+,29-,30+,31+,32-,33-,34-,35-,36+,37+,38+,39-,40+,41+,42+,43+,44-,45-,46-,47+,48-,49-,50-,51-,52-,53-,54-,55-,56-/m0/s1. The second-order valence-corrected chi connectivity index (χ2v) is 26.1. The minimum absolute atomic E-state index is 0.0372. The van der Waals surface area contributed by atoms with Crippen LogP contribution in [0.15, 0.2) is 23.8 Å². The fourth-order valence-electron chi connectivity index (χ4n) is 16.6. The Bertz CT molecular complexity index is 2340. The summed E-state index contributed by atoms with van der Waals surface area (Å²) >= 11 is 0. The van der Waals surface area contributed by atoms with E-state index in [0.29, 0.717) is 32.1 Å². The molecule has 0 radical (unpaired) electrons. The second-order valence-electron chi connectivity index (χ2n) is 26.1. The predicted molar refractivity (Wildman–Crippen MR) is 276 cm³/mol. The highest BCUT2D eigenvalue weighted by molar-refractivity contribution is 5.29. The molecule has 4 aliphatic carbocycles. The molecule has 84 heavy (non-hydrogen) atoms. The van der Waals surface area contributed by atoms with Crippen molar-refractivity contribution in [3.05, 3.63) is 23.8 Å². The molecule has 28 heteroatoms. The zero-order chi connectivity index (χ0) is 60.5. The highest BCUT2D eigenvalue weighted by Crippen LogP contribution is 2.71. The highest BCUT2D eigenvalue weighted by Gasteiger charge is 2.73. The normalized spacial score (nSPS) is 57.7. The summed E-state index contributed by atoms with van der Waals surface area (Å²) < 4.78 is 74.4. The van der Waals surface area contributed by atoms with E-state index in [2.05, 4.69) is 26.5 Å². The monoisotopic (exact) mass is 1210 g/mol. The summed E-state index contributed by atoms with van der Waals surface area (Å²) in [5, 5.41) is 176. The molecule has 0 unspecified atom stereocenters. The minimum atomic E-state index is -1.87. The summed E-state index contributed by atoms with van der Waals surface area (Å²) in [6.45, 7) is 10.8. The molecule has 1 spiro atoms. The van der Waals surface area contributed by atoms with Gasteiger partial charge in [0.05, 0.1) is 63.1 Å². The van der Waals surface area contributed by atoms with Crippen molar-refractivity contribution in [2.45, 2.75) is 257 Å². The summed E-state index contributed by atoms with van der Waals surface area (Å²) in [7, 11) is 0. The third-order valence-electron chi connectivity index (χ3n) is 21.4. The van der Waals surface area contributed by atoms with E-state index in [9.17, 15) is 81.7 Å². The predicted octanol–water partition coefficient (Wildman–Crippen LogP) is -5.64. The van der Waals surface area contributed by atoms with Crippen LogP contribution < -0.4 is 0 Å². The number of hydrogen-bond acceptors (Lipinski definition) is 28. The molecule has 11 rings (SSSR count). The van der Waals surface area contributed by atoms with Gasteiger partial charge in [0.1, 0.15) is 110 Å². The first-order valence-electron chi connectivity index (χ1n) is 29.6. The van der Waals surface area contributed by atoms with Crippen molar-refractivity contribution >= 4 is 0 Å². The SMILES string of the molecule is C=C1CO[C@@]2(O[C@H]3C[C@H]4[C@@H]5CC=C6C[C@@H](O)C[C@@H](O[C@@H]7O[C@H](CO)[C@@H](O)[C@H](O[C@@H]8OC[C@@H](O)[C@H](O)[C@H]8O)[C@H]7O[C@@H]7O[C@@H](C)[C@H](O)[C@@H](O)[C@H]7O)[C@]6(C)[C@H]5CC[C@]4(C)[C@H]3[C@@H]2CO)[C@@H](O)[C@H]1O[C@@H]1O[C@H](C)[C@H](O[C@@H]2O[C@@H](C)[C@H](O)[C@@H](O)[C@H]2O)[C@@H](O)[C@H]1O. The summed E-state index contributed by atoms with van der Waals surface area (Å²) in [4.78, 5) is 0. The minimum Gasteiger partial charge on any atom is -0.396 e. The zero-order valence-electron chi connectivity index (χ0n) is 47.5. The second kappa shape index (κ2) is 24.2. The zero-order valence-corrected chi connectivity index (χ0v) is 47.5. The van der Waals surface area contributed by atoms with Crippen LogP contribution in [0.4, 0.5) is 0 Å². The van der Waals surface area contributed by atoms with Gasteiger partial charge in [-0.1, -0.05) is 32.1 Å². The van der Waals surface area contributed by atoms with Crippen LogP contribution in [-0.2, 0) is 56.8 Å². The van der Waals surface area contributed by atoms with Gasteiger partial charge in [-0.25, -0.2) is 0 Å². The van der Waals surface area contributed by atoms with Crippen molar-refractivity contribution in [2.24, 2.45) is 40.4 Å². The van der Waals surface area contributed by atoms with E-state index in [4.69, 9.17) is 56.8 Å². The summed E-state index contributed by atoms with van der Waals surface area (Å²) in [6, 6.07) is 0. The lowest BCUT2D eigenvalue weighted by molar-refractivity contribution is -0.393. The van der Waals surface area contributed by atoms with Crippen LogP contribution in [0.2, 0.25) is 0 Å². The van der Waals surface area contributed by atoms with Crippen molar-refractivity contribution in [3.63, 3.8) is 0 Å². The van der Waals surface area contributed by atoms with Crippen LogP contribution in [0.3, 0.4) is 0 Å². The van der Waals surface area contributed by atoms with E-state index in [1.54, 1.807) is 0 Å². The lowest BCUT2D eigenvalue weighted by Gasteiger charge is -2.61. The van der Waals surface area contributed by atoms with E-state index in [-0.39, 0.29) is 42.3 Å². The number of rotatable bonds is 12. The van der Waals surface area contributed by atoms with Crippen molar-refractivity contribution < 1.29 is 139 Å². The molecule has 0 aromatic carbocycles. The fourth-order valence-corrected chi connectivity index (χ4v) is 16.6. The molecule has 10 fully saturated rings. The van der Waals surface area contributed by atoms with Crippen LogP contribution in [0.5, 0.6) is 0 Å². The first kappa shape index (κ1) is 63.9. The number of aliphatic hydroxyl groups excluding tert-OH is 16. The Morgan fingerprint density at radius 3 is 1.83 bits per heavy atom. The molecule has 0 amide bonds. The molecule has 0 bridgehead atoms. The first-order chi connectivity index (χ1) is 39.7. The van der Waals surface area contributed by atoms with Gasteiger partial charge >= 0.3 is 0 Å². The van der Waals surface area contributed by atoms with Gasteiger partial charge in [-0.2, -0.15) is 0 Å². The smallest absolute Gasteiger partial charge is 0.203 e. The van der Waals surface area contributed by atoms with Gasteiger partial charge in [-0.3, -0.25) is 0 Å². The third kappa shape index (κ3) is 10.5. The highest BCUT2D eigenvalue weighted by atomic mass is 16.8. The Hall–Kier alpha value is -1.64. The van der Waals surface area contributed by atoms with Crippen molar-refractivity contribution in [1.82, 2.24) is 0 Å². The first-order valence-corrected chi connectivity index (χ1v) is 29.6. The molecule has 11 aliphatic rings. The largest absolute Gasteiger partial charge is 0.396 e. The summed E-state index contributed by atoms with van der Waals surface area (Å²) in [6.07, 6.45) is -37.8. The van der Waals surface area contributed by atoms with E-state index in [1.165, 1.54) is 20.8 Å². The summed E-state index contributed by atoms with van der Waals surface area (Å²) in [5.41, 5.74) is -0.171. The lowest BCUT2D eigenvalue weighted by atomic mass is 9.46. The van der Waals surface area contributed by atoms with Crippen LogP contribution >= 0.6 is 0 Å². The van der Waals surface area contributed by atoms with Gasteiger partial charge in [0.15, 0.2) is 31.5 Å². The van der Waals surface area contributed by atoms with Crippen LogP contribution in [0.1, 0.15) is 73.1 Å². The molecular formula is C56H88O28. The van der Waals surface area contributed by atoms with Gasteiger partial charge in [0.25, 0.3) is 0 Å². The fraction of sp³-hybridized carbons (Fsp3) is 0.929. The molecule has 37 atom stereocenters. The Balaban J connectivity index is 0.823. The molecule has 16 N–H and O–H groups in total. The van der Waals surface area contributed by atoms with Gasteiger partial charge in [-0.15, -0.1) is 0 Å². The average Bonchev–Trinajstić information content (AvgIpc) is 1.51. The Kier molecular flexibility index (Phi) is 18.4. The topological polar surface area (TPSA) is 434 Å². The number of hydrogen-bond donors (Lipinski definition) is 16. The molecular weight excluding hydrogens is 1120 g/mol. The van der Waals surface area contributed by atoms with Crippen LogP contribution in [0, 0.1) is 40.4 Å². The van der Waals surface area contributed by atoms with Crippen molar-refractivity contribution in [3.8, 4) is 0 Å². The number of aliphatic hydroxyl groups is 16. The number of fused-ring (bicyclic) bond motifs is 7. The molecule has 7 saturated heterocycles. The summed E-state index contributed by atoms with van der Waals surface area (Å²) in [5.74, 6) is -3.20. The van der Waals surface area contributed by atoms with Gasteiger partial charge < -0.3 is 139 Å². The van der Waals surface area contributed by atoms with Gasteiger partial charge in [-0.05, 0) is 81.6 Å². The maximum atomic E-state index is 12.5. The van der Waals surface area contributed by atoms with Gasteiger partial charge in [0, 0.05) is 23.7 Å². The maximum absolute atomic E-state index is 12.5. The van der Waals surface area contributed by atoms with E-state index >= 15 is 0 Å². The molecule has 3 saturated carbocycles. The molecule has 0 aromatic rings. The molecule has 7 aliphatic heterocycles. The van der Waals surface area contributed by atoms with E-state index in [0.717, 1.165) is 5.57 Å². The van der Waals surface area contributed by atoms with E-state index in [1.807, 2.05) is 0 Å². The Labute approximate surface area is 484 Å². The van der Waals surface area contributed by atoms with Crippen molar-refractivity contribution in [2.75, 3.05) is 26.4 Å². The Morgan fingerprint density at radius 1 is 0.595 bits per heavy atom. The van der Waals surface area contributed by atoms with Crippen LogP contribution in [0.25, 0.3) is 0 Å². The van der Waals surface area contributed by atoms with E-state index < -0.39 is 220 Å². The third-order valence-corrected chi connectivity index (χ3v) is 21.4. The molecule has 28 nitrogen and oxygen atoms in total. The van der Waals surface area contributed by atoms with Crippen LogP contribution in [-0.4, -0.2) is 292 Å².